The Balaban J connectivity index is 2.38. The quantitative estimate of drug-likeness (QED) is 0.664. The lowest BCUT2D eigenvalue weighted by Gasteiger charge is -2.09. The van der Waals surface area contributed by atoms with Crippen molar-refractivity contribution in [3.05, 3.63) is 58.2 Å². The number of rotatable bonds is 4. The highest BCUT2D eigenvalue weighted by Crippen LogP contribution is 2.30. The van der Waals surface area contributed by atoms with Gasteiger partial charge >= 0.3 is 5.97 Å². The van der Waals surface area contributed by atoms with Crippen LogP contribution in [0, 0.1) is 11.6 Å². The van der Waals surface area contributed by atoms with E-state index < -0.39 is 17.6 Å². The summed E-state index contributed by atoms with van der Waals surface area (Å²) in [6, 6.07) is 5.31. The van der Waals surface area contributed by atoms with Crippen LogP contribution in [0.25, 0.3) is 6.08 Å². The van der Waals surface area contributed by atoms with E-state index in [4.69, 9.17) is 9.84 Å². The van der Waals surface area contributed by atoms with Crippen LogP contribution in [-0.2, 0) is 4.79 Å². The topological polar surface area (TPSA) is 59.4 Å². The molecule has 0 radical (unpaired) electrons. The molecule has 0 saturated carbocycles. The Morgan fingerprint density at radius 1 is 1.38 bits per heavy atom. The van der Waals surface area contributed by atoms with Crippen LogP contribution in [0.15, 0.2) is 41.0 Å². The number of benzene rings is 1. The molecular formula is C14H8BrF2NO3. The Morgan fingerprint density at radius 2 is 2.14 bits per heavy atom. The molecule has 1 heterocycles. The summed E-state index contributed by atoms with van der Waals surface area (Å²) in [5.74, 6) is -3.77. The third-order valence-electron chi connectivity index (χ3n) is 2.37. The van der Waals surface area contributed by atoms with Gasteiger partial charge in [0.05, 0.1) is 0 Å². The molecule has 0 bridgehead atoms. The highest BCUT2D eigenvalue weighted by atomic mass is 79.9. The molecule has 7 heteroatoms. The van der Waals surface area contributed by atoms with Gasteiger partial charge in [0, 0.05) is 22.3 Å². The first-order chi connectivity index (χ1) is 9.97. The summed E-state index contributed by atoms with van der Waals surface area (Å²) in [5.41, 5.74) is 0.319. The summed E-state index contributed by atoms with van der Waals surface area (Å²) in [5, 5.41) is 8.61. The highest BCUT2D eigenvalue weighted by Gasteiger charge is 2.14. The third kappa shape index (κ3) is 3.85. The molecule has 0 aliphatic rings. The van der Waals surface area contributed by atoms with Crippen molar-refractivity contribution in [1.29, 1.82) is 0 Å². The highest BCUT2D eigenvalue weighted by molar-refractivity contribution is 9.10. The van der Waals surface area contributed by atoms with Crippen molar-refractivity contribution in [2.45, 2.75) is 0 Å². The third-order valence-corrected chi connectivity index (χ3v) is 2.83. The number of carboxylic acid groups (broad SMARTS) is 1. The smallest absolute Gasteiger partial charge is 0.328 e. The van der Waals surface area contributed by atoms with Gasteiger partial charge in [0.25, 0.3) is 0 Å². The minimum absolute atomic E-state index is 0.0357. The molecule has 0 aliphatic carbocycles. The van der Waals surface area contributed by atoms with Crippen LogP contribution in [0.2, 0.25) is 0 Å². The molecule has 108 valence electrons. The fourth-order valence-electron chi connectivity index (χ4n) is 1.49. The normalized spacial score (nSPS) is 10.8. The number of carboxylic acids is 1. The van der Waals surface area contributed by atoms with Crippen LogP contribution in [0.4, 0.5) is 8.78 Å². The number of aliphatic carboxylic acids is 1. The van der Waals surface area contributed by atoms with E-state index in [2.05, 4.69) is 20.9 Å². The monoisotopic (exact) mass is 355 g/mol. The van der Waals surface area contributed by atoms with Gasteiger partial charge in [0.2, 0.25) is 11.7 Å². The van der Waals surface area contributed by atoms with Gasteiger partial charge in [-0.15, -0.1) is 0 Å². The molecule has 1 aromatic carbocycles. The number of carbonyl (C=O) groups is 1. The molecule has 21 heavy (non-hydrogen) atoms. The molecule has 2 aromatic rings. The molecule has 0 spiro atoms. The van der Waals surface area contributed by atoms with Gasteiger partial charge in [-0.1, -0.05) is 15.9 Å². The maximum Gasteiger partial charge on any atom is 0.328 e. The van der Waals surface area contributed by atoms with Crippen molar-refractivity contribution in [3.8, 4) is 11.6 Å². The SMILES string of the molecule is O=C(O)/C=C/c1cccnc1Oc1cc(Br)cc(F)c1F. The Kier molecular flexibility index (Phi) is 4.64. The number of pyridine rings is 1. The fourth-order valence-corrected chi connectivity index (χ4v) is 1.90. The fraction of sp³-hybridized carbons (Fsp3) is 0. The maximum absolute atomic E-state index is 13.7. The first-order valence-corrected chi connectivity index (χ1v) is 6.45. The molecule has 0 saturated heterocycles. The summed E-state index contributed by atoms with van der Waals surface area (Å²) in [7, 11) is 0. The minimum atomic E-state index is -1.16. The number of hydrogen-bond acceptors (Lipinski definition) is 3. The van der Waals surface area contributed by atoms with E-state index in [1.807, 2.05) is 0 Å². The van der Waals surface area contributed by atoms with Crippen molar-refractivity contribution in [2.75, 3.05) is 0 Å². The van der Waals surface area contributed by atoms with Crippen molar-refractivity contribution in [1.82, 2.24) is 4.98 Å². The van der Waals surface area contributed by atoms with Crippen LogP contribution in [0.3, 0.4) is 0 Å². The lowest BCUT2D eigenvalue weighted by atomic mass is 10.2. The number of nitrogens with zero attached hydrogens (tertiary/aromatic N) is 1. The maximum atomic E-state index is 13.7. The number of ether oxygens (including phenoxy) is 1. The Morgan fingerprint density at radius 3 is 2.86 bits per heavy atom. The molecule has 0 unspecified atom stereocenters. The van der Waals surface area contributed by atoms with Gasteiger partial charge in [0.15, 0.2) is 11.6 Å². The predicted octanol–water partition coefficient (Wildman–Crippen LogP) is 4.01. The zero-order chi connectivity index (χ0) is 15.4. The molecule has 1 aromatic heterocycles. The Bertz CT molecular complexity index is 719. The molecule has 0 amide bonds. The van der Waals surface area contributed by atoms with Crippen molar-refractivity contribution >= 4 is 28.0 Å². The van der Waals surface area contributed by atoms with Gasteiger partial charge in [-0.3, -0.25) is 0 Å². The van der Waals surface area contributed by atoms with E-state index in [0.29, 0.717) is 10.0 Å². The van der Waals surface area contributed by atoms with E-state index in [-0.39, 0.29) is 11.6 Å². The van der Waals surface area contributed by atoms with Gasteiger partial charge in [0.1, 0.15) is 0 Å². The first kappa shape index (κ1) is 15.1. The van der Waals surface area contributed by atoms with Gasteiger partial charge in [-0.2, -0.15) is 4.39 Å². The average molecular weight is 356 g/mol. The second-order valence-corrected chi connectivity index (χ2v) is 4.79. The number of aromatic nitrogens is 1. The number of halogens is 3. The van der Waals surface area contributed by atoms with Crippen LogP contribution < -0.4 is 4.74 Å². The first-order valence-electron chi connectivity index (χ1n) is 5.66. The van der Waals surface area contributed by atoms with Crippen molar-refractivity contribution in [3.63, 3.8) is 0 Å². The summed E-state index contributed by atoms with van der Waals surface area (Å²) in [6.07, 6.45) is 3.53. The van der Waals surface area contributed by atoms with Crippen LogP contribution >= 0.6 is 15.9 Å². The standard InChI is InChI=1S/C14H8BrF2NO3/c15-9-6-10(16)13(17)11(7-9)21-14-8(2-1-5-18-14)3-4-12(19)20/h1-7H,(H,19,20)/b4-3+. The lowest BCUT2D eigenvalue weighted by Crippen LogP contribution is -1.96. The molecule has 0 fully saturated rings. The summed E-state index contributed by atoms with van der Waals surface area (Å²) in [6.45, 7) is 0. The Labute approximate surface area is 126 Å². The van der Waals surface area contributed by atoms with Crippen LogP contribution in [0.1, 0.15) is 5.56 Å². The van der Waals surface area contributed by atoms with Gasteiger partial charge < -0.3 is 9.84 Å². The zero-order valence-electron chi connectivity index (χ0n) is 10.4. The summed E-state index contributed by atoms with van der Waals surface area (Å²) in [4.78, 5) is 14.4. The second-order valence-electron chi connectivity index (χ2n) is 3.87. The zero-order valence-corrected chi connectivity index (χ0v) is 12.0. The number of hydrogen-bond donors (Lipinski definition) is 1. The van der Waals surface area contributed by atoms with Crippen molar-refractivity contribution < 1.29 is 23.4 Å². The minimum Gasteiger partial charge on any atom is -0.478 e. The van der Waals surface area contributed by atoms with Gasteiger partial charge in [-0.05, 0) is 30.3 Å². The summed E-state index contributed by atoms with van der Waals surface area (Å²) < 4.78 is 32.5. The molecule has 0 aliphatic heterocycles. The largest absolute Gasteiger partial charge is 0.478 e. The molecule has 2 rings (SSSR count). The molecule has 4 nitrogen and oxygen atoms in total. The van der Waals surface area contributed by atoms with Gasteiger partial charge in [-0.25, -0.2) is 14.2 Å². The predicted molar refractivity (Wildman–Crippen MR) is 75.0 cm³/mol. The summed E-state index contributed by atoms with van der Waals surface area (Å²) >= 11 is 3.03. The van der Waals surface area contributed by atoms with E-state index in [9.17, 15) is 13.6 Å². The van der Waals surface area contributed by atoms with E-state index >= 15 is 0 Å². The Hall–Kier alpha value is -2.28. The van der Waals surface area contributed by atoms with Crippen molar-refractivity contribution in [2.24, 2.45) is 0 Å². The molecule has 1 N–H and O–H groups in total. The average Bonchev–Trinajstić information content (AvgIpc) is 2.43. The lowest BCUT2D eigenvalue weighted by molar-refractivity contribution is -0.131. The second kappa shape index (κ2) is 6.45. The van der Waals surface area contributed by atoms with E-state index in [0.717, 1.165) is 12.1 Å². The molecule has 0 atom stereocenters. The van der Waals surface area contributed by atoms with E-state index in [1.54, 1.807) is 6.07 Å². The molecular weight excluding hydrogens is 348 g/mol. The van der Waals surface area contributed by atoms with E-state index in [1.165, 1.54) is 24.4 Å². The van der Waals surface area contributed by atoms with Crippen LogP contribution in [0.5, 0.6) is 11.6 Å². The van der Waals surface area contributed by atoms with Crippen LogP contribution in [-0.4, -0.2) is 16.1 Å².